The van der Waals surface area contributed by atoms with E-state index in [1.54, 1.807) is 13.8 Å². The molecule has 21 heavy (non-hydrogen) atoms. The van der Waals surface area contributed by atoms with E-state index < -0.39 is 46.9 Å². The van der Waals surface area contributed by atoms with Gasteiger partial charge in [0, 0.05) is 12.8 Å². The number of hydrogen-bond donors (Lipinski definition) is 2. The summed E-state index contributed by atoms with van der Waals surface area (Å²) in [7, 11) is 0. The van der Waals surface area contributed by atoms with Crippen LogP contribution in [0.2, 0.25) is 0 Å². The van der Waals surface area contributed by atoms with E-state index in [-0.39, 0.29) is 12.8 Å². The standard InChI is InChI=1S/C13H17F3O5/c1-4-21-10(19)12(20,13(14,15)16)9-7(17)5-11(2,3)6-8(9)18/h17,20H,4-6H2,1-3H3/t12-/m1/s1. The Balaban J connectivity index is 3.47. The van der Waals surface area contributed by atoms with E-state index in [9.17, 15) is 33.0 Å². The molecule has 0 aliphatic heterocycles. The molecule has 0 amide bonds. The third-order valence-electron chi connectivity index (χ3n) is 3.20. The molecule has 0 aromatic rings. The number of carbonyl (C=O) groups is 2. The number of rotatable bonds is 3. The second-order valence-corrected chi connectivity index (χ2v) is 5.69. The molecule has 0 spiro atoms. The molecule has 120 valence electrons. The average molecular weight is 310 g/mol. The molecule has 2 N–H and O–H groups in total. The molecular weight excluding hydrogens is 293 g/mol. The van der Waals surface area contributed by atoms with Crippen molar-refractivity contribution in [3.05, 3.63) is 11.3 Å². The summed E-state index contributed by atoms with van der Waals surface area (Å²) in [6, 6.07) is 0. The molecule has 1 atom stereocenters. The number of alkyl halides is 3. The number of ketones is 1. The third-order valence-corrected chi connectivity index (χ3v) is 3.20. The van der Waals surface area contributed by atoms with Crippen LogP contribution in [-0.4, -0.2) is 40.3 Å². The molecular formula is C13H17F3O5. The van der Waals surface area contributed by atoms with Crippen molar-refractivity contribution >= 4 is 11.8 Å². The van der Waals surface area contributed by atoms with Gasteiger partial charge in [0.1, 0.15) is 5.76 Å². The number of Topliss-reactive ketones (excluding diaryl/α,β-unsaturated/α-hetero) is 1. The molecule has 1 aliphatic rings. The van der Waals surface area contributed by atoms with Crippen LogP contribution in [0.3, 0.4) is 0 Å². The summed E-state index contributed by atoms with van der Waals surface area (Å²) in [5, 5.41) is 19.6. The maximum atomic E-state index is 13.2. The van der Waals surface area contributed by atoms with Crippen molar-refractivity contribution < 1.29 is 37.7 Å². The summed E-state index contributed by atoms with van der Waals surface area (Å²) in [6.07, 6.45) is -6.07. The number of ether oxygens (including phenoxy) is 1. The van der Waals surface area contributed by atoms with E-state index in [1.165, 1.54) is 6.92 Å². The zero-order chi connectivity index (χ0) is 16.6. The van der Waals surface area contributed by atoms with Crippen molar-refractivity contribution in [2.45, 2.75) is 45.4 Å². The fourth-order valence-electron chi connectivity index (χ4n) is 2.29. The highest BCUT2D eigenvalue weighted by atomic mass is 19.4. The van der Waals surface area contributed by atoms with Crippen molar-refractivity contribution in [1.82, 2.24) is 0 Å². The minimum atomic E-state index is -5.49. The van der Waals surface area contributed by atoms with Gasteiger partial charge in [-0.05, 0) is 12.3 Å². The van der Waals surface area contributed by atoms with Gasteiger partial charge in [-0.15, -0.1) is 0 Å². The second-order valence-electron chi connectivity index (χ2n) is 5.69. The Kier molecular flexibility index (Phi) is 4.43. The fraction of sp³-hybridized carbons (Fsp3) is 0.692. The fourth-order valence-corrected chi connectivity index (χ4v) is 2.29. The van der Waals surface area contributed by atoms with Crippen molar-refractivity contribution in [1.29, 1.82) is 0 Å². The summed E-state index contributed by atoms with van der Waals surface area (Å²) in [5.74, 6) is -4.09. The number of carbonyl (C=O) groups excluding carboxylic acids is 2. The molecule has 0 aromatic carbocycles. The van der Waals surface area contributed by atoms with Crippen LogP contribution in [0.15, 0.2) is 11.3 Å². The van der Waals surface area contributed by atoms with Gasteiger partial charge in [0.2, 0.25) is 0 Å². The molecule has 0 unspecified atom stereocenters. The first-order chi connectivity index (χ1) is 9.37. The summed E-state index contributed by atoms with van der Waals surface area (Å²) in [6.45, 7) is 4.00. The molecule has 0 aromatic heterocycles. The van der Waals surface area contributed by atoms with Crippen molar-refractivity contribution in [2.75, 3.05) is 6.61 Å². The van der Waals surface area contributed by atoms with Gasteiger partial charge in [0.05, 0.1) is 12.2 Å². The van der Waals surface area contributed by atoms with Gasteiger partial charge in [-0.25, -0.2) is 4.79 Å². The molecule has 1 aliphatic carbocycles. The molecule has 0 saturated heterocycles. The van der Waals surface area contributed by atoms with Crippen LogP contribution < -0.4 is 0 Å². The maximum Gasteiger partial charge on any atom is 0.432 e. The van der Waals surface area contributed by atoms with E-state index in [4.69, 9.17) is 0 Å². The molecule has 0 bridgehead atoms. The van der Waals surface area contributed by atoms with E-state index in [1.807, 2.05) is 0 Å². The highest BCUT2D eigenvalue weighted by Crippen LogP contribution is 2.45. The Hall–Kier alpha value is -1.57. The van der Waals surface area contributed by atoms with Crippen molar-refractivity contribution in [3.8, 4) is 0 Å². The Labute approximate surface area is 119 Å². The lowest BCUT2D eigenvalue weighted by atomic mass is 9.72. The molecule has 5 nitrogen and oxygen atoms in total. The highest BCUT2D eigenvalue weighted by Gasteiger charge is 2.66. The predicted octanol–water partition coefficient (Wildman–Crippen LogP) is 2.04. The minimum Gasteiger partial charge on any atom is -0.512 e. The molecule has 0 saturated carbocycles. The van der Waals surface area contributed by atoms with Crippen LogP contribution in [0, 0.1) is 5.41 Å². The zero-order valence-electron chi connectivity index (χ0n) is 11.9. The molecule has 0 heterocycles. The lowest BCUT2D eigenvalue weighted by Gasteiger charge is -2.36. The van der Waals surface area contributed by atoms with Gasteiger partial charge in [-0.1, -0.05) is 13.8 Å². The Morgan fingerprint density at radius 1 is 1.33 bits per heavy atom. The van der Waals surface area contributed by atoms with E-state index in [2.05, 4.69) is 4.74 Å². The lowest BCUT2D eigenvalue weighted by Crippen LogP contribution is -2.57. The van der Waals surface area contributed by atoms with Gasteiger partial charge in [-0.2, -0.15) is 13.2 Å². The number of aliphatic hydroxyl groups is 2. The number of halogens is 3. The van der Waals surface area contributed by atoms with Crippen molar-refractivity contribution in [3.63, 3.8) is 0 Å². The van der Waals surface area contributed by atoms with Gasteiger partial charge in [-0.3, -0.25) is 4.79 Å². The van der Waals surface area contributed by atoms with Gasteiger partial charge in [0.25, 0.3) is 5.60 Å². The highest BCUT2D eigenvalue weighted by molar-refractivity contribution is 6.06. The normalized spacial score (nSPS) is 22.0. The predicted molar refractivity (Wildman–Crippen MR) is 65.3 cm³/mol. The van der Waals surface area contributed by atoms with Gasteiger partial charge >= 0.3 is 12.1 Å². The van der Waals surface area contributed by atoms with E-state index >= 15 is 0 Å². The van der Waals surface area contributed by atoms with Gasteiger partial charge < -0.3 is 14.9 Å². The first kappa shape index (κ1) is 17.5. The smallest absolute Gasteiger partial charge is 0.432 e. The Morgan fingerprint density at radius 3 is 2.24 bits per heavy atom. The molecule has 1 rings (SSSR count). The first-order valence-electron chi connectivity index (χ1n) is 6.29. The van der Waals surface area contributed by atoms with Crippen LogP contribution in [-0.2, 0) is 14.3 Å². The number of aliphatic hydroxyl groups excluding tert-OH is 1. The topological polar surface area (TPSA) is 83.8 Å². The third kappa shape index (κ3) is 3.04. The Bertz CT molecular complexity index is 493. The minimum absolute atomic E-state index is 0.258. The summed E-state index contributed by atoms with van der Waals surface area (Å²) in [5.41, 5.74) is -6.25. The monoisotopic (exact) mass is 310 g/mol. The largest absolute Gasteiger partial charge is 0.512 e. The summed E-state index contributed by atoms with van der Waals surface area (Å²) in [4.78, 5) is 23.5. The first-order valence-corrected chi connectivity index (χ1v) is 6.29. The van der Waals surface area contributed by atoms with Crippen LogP contribution in [0.1, 0.15) is 33.6 Å². The van der Waals surface area contributed by atoms with E-state index in [0.29, 0.717) is 0 Å². The lowest BCUT2D eigenvalue weighted by molar-refractivity contribution is -0.250. The number of hydrogen-bond acceptors (Lipinski definition) is 5. The van der Waals surface area contributed by atoms with Crippen LogP contribution >= 0.6 is 0 Å². The van der Waals surface area contributed by atoms with Crippen molar-refractivity contribution in [2.24, 2.45) is 5.41 Å². The van der Waals surface area contributed by atoms with Gasteiger partial charge in [0.15, 0.2) is 5.78 Å². The van der Waals surface area contributed by atoms with Crippen LogP contribution in [0.25, 0.3) is 0 Å². The summed E-state index contributed by atoms with van der Waals surface area (Å²) >= 11 is 0. The second kappa shape index (κ2) is 5.32. The molecule has 0 radical (unpaired) electrons. The Morgan fingerprint density at radius 2 is 1.86 bits per heavy atom. The van der Waals surface area contributed by atoms with Crippen LogP contribution in [0.5, 0.6) is 0 Å². The quantitative estimate of drug-likeness (QED) is 0.779. The maximum absolute atomic E-state index is 13.2. The number of allylic oxidation sites excluding steroid dienone is 1. The number of esters is 1. The average Bonchev–Trinajstić information content (AvgIpc) is 2.24. The SMILES string of the molecule is CCOC(=O)[C@](O)(C1=C(O)CC(C)(C)CC1=O)C(F)(F)F. The zero-order valence-corrected chi connectivity index (χ0v) is 11.9. The van der Waals surface area contributed by atoms with E-state index in [0.717, 1.165) is 0 Å². The summed E-state index contributed by atoms with van der Waals surface area (Å²) < 4.78 is 43.7. The molecule has 8 heteroatoms. The molecule has 0 fully saturated rings. The van der Waals surface area contributed by atoms with Crippen LogP contribution in [0.4, 0.5) is 13.2 Å².